The maximum absolute atomic E-state index is 13.9. The Balaban J connectivity index is 0.00000167. The summed E-state index contributed by atoms with van der Waals surface area (Å²) >= 11 is 1.51. The van der Waals surface area contributed by atoms with Crippen LogP contribution in [0.2, 0.25) is 0 Å². The minimum absolute atomic E-state index is 0.188. The molecule has 2 aromatic carbocycles. The second-order valence-electron chi connectivity index (χ2n) is 9.13. The van der Waals surface area contributed by atoms with E-state index < -0.39 is 5.41 Å². The highest BCUT2D eigenvalue weighted by molar-refractivity contribution is 7.11. The minimum Gasteiger partial charge on any atom is -0.400 e. The predicted octanol–water partition coefficient (Wildman–Crippen LogP) is 5.69. The van der Waals surface area contributed by atoms with Gasteiger partial charge >= 0.3 is 0 Å². The number of nitrogens with zero attached hydrogens (tertiary/aromatic N) is 2. The fourth-order valence-electron chi connectivity index (χ4n) is 4.47. The van der Waals surface area contributed by atoms with Gasteiger partial charge in [-0.25, -0.2) is 4.98 Å². The van der Waals surface area contributed by atoms with E-state index in [2.05, 4.69) is 67.4 Å². The number of hydrogen-bond donors (Lipinski definition) is 1. The predicted molar refractivity (Wildman–Crippen MR) is 142 cm³/mol. The molecule has 186 valence electrons. The first-order valence-corrected chi connectivity index (χ1v) is 13.1. The van der Waals surface area contributed by atoms with E-state index in [1.165, 1.54) is 22.5 Å². The SMILES string of the molecule is CCc1ccc(C2(C(=O)N(CCC(C)c3ccccc3)Cc3nc(C=O)c(C)s3)CC2)cc1.CO. The zero-order valence-corrected chi connectivity index (χ0v) is 22.0. The van der Waals surface area contributed by atoms with E-state index in [0.717, 1.165) is 54.5 Å². The lowest BCUT2D eigenvalue weighted by molar-refractivity contribution is -0.134. The summed E-state index contributed by atoms with van der Waals surface area (Å²) in [6.07, 6.45) is 4.45. The molecular weight excluding hydrogens is 456 g/mol. The number of carbonyl (C=O) groups excluding carboxylic acids is 2. The van der Waals surface area contributed by atoms with Gasteiger partial charge in [0.1, 0.15) is 10.7 Å². The van der Waals surface area contributed by atoms with Crippen LogP contribution in [0.3, 0.4) is 0 Å². The third kappa shape index (κ3) is 6.24. The fourth-order valence-corrected chi connectivity index (χ4v) is 5.38. The number of carbonyl (C=O) groups is 2. The average Bonchev–Trinajstić information content (AvgIpc) is 3.64. The highest BCUT2D eigenvalue weighted by Crippen LogP contribution is 2.50. The summed E-state index contributed by atoms with van der Waals surface area (Å²) in [5.41, 5.74) is 3.76. The Morgan fingerprint density at radius 3 is 2.34 bits per heavy atom. The largest absolute Gasteiger partial charge is 0.400 e. The van der Waals surface area contributed by atoms with Gasteiger partial charge in [0.15, 0.2) is 6.29 Å². The van der Waals surface area contributed by atoms with E-state index in [4.69, 9.17) is 5.11 Å². The molecule has 35 heavy (non-hydrogen) atoms. The van der Waals surface area contributed by atoms with E-state index >= 15 is 0 Å². The third-order valence-electron chi connectivity index (χ3n) is 6.88. The van der Waals surface area contributed by atoms with Gasteiger partial charge in [0.05, 0.1) is 12.0 Å². The Morgan fingerprint density at radius 1 is 1.14 bits per heavy atom. The van der Waals surface area contributed by atoms with Crippen LogP contribution in [0, 0.1) is 6.92 Å². The van der Waals surface area contributed by atoms with Crippen LogP contribution in [0.25, 0.3) is 0 Å². The number of amides is 1. The van der Waals surface area contributed by atoms with Crippen LogP contribution >= 0.6 is 11.3 Å². The fraction of sp³-hybridized carbons (Fsp3) is 0.414. The summed E-state index contributed by atoms with van der Waals surface area (Å²) in [7, 11) is 1.00. The lowest BCUT2D eigenvalue weighted by atomic mass is 9.92. The van der Waals surface area contributed by atoms with Gasteiger partial charge in [0.2, 0.25) is 5.91 Å². The lowest BCUT2D eigenvalue weighted by Gasteiger charge is -2.28. The standard InChI is InChI=1S/C28H32N2O2S.CH4O/c1-4-22-10-12-24(13-11-22)28(15-16-28)27(32)30(18-26-29-25(19-31)21(3)33-26)17-14-20(2)23-8-6-5-7-9-23;1-2/h5-13,19-20H,4,14-18H2,1-3H3;2H,1H3. The average molecular weight is 493 g/mol. The molecule has 1 aliphatic carbocycles. The van der Waals surface area contributed by atoms with Crippen molar-refractivity contribution in [1.82, 2.24) is 9.88 Å². The van der Waals surface area contributed by atoms with E-state index in [-0.39, 0.29) is 5.91 Å². The van der Waals surface area contributed by atoms with Gasteiger partial charge in [-0.3, -0.25) is 9.59 Å². The molecule has 0 spiro atoms. The van der Waals surface area contributed by atoms with Crippen molar-refractivity contribution < 1.29 is 14.7 Å². The van der Waals surface area contributed by atoms with Crippen molar-refractivity contribution in [3.63, 3.8) is 0 Å². The molecular formula is C29H36N2O3S. The summed E-state index contributed by atoms with van der Waals surface area (Å²) in [4.78, 5) is 32.6. The van der Waals surface area contributed by atoms with Crippen LogP contribution in [0.1, 0.15) is 76.1 Å². The van der Waals surface area contributed by atoms with E-state index in [1.54, 1.807) is 0 Å². The quantitative estimate of drug-likeness (QED) is 0.369. The maximum Gasteiger partial charge on any atom is 0.233 e. The van der Waals surface area contributed by atoms with Gasteiger partial charge in [0.25, 0.3) is 0 Å². The number of rotatable bonds is 10. The molecule has 4 rings (SSSR count). The van der Waals surface area contributed by atoms with Crippen molar-refractivity contribution in [1.29, 1.82) is 0 Å². The molecule has 1 N–H and O–H groups in total. The molecule has 0 radical (unpaired) electrons. The van der Waals surface area contributed by atoms with Crippen LogP contribution in [-0.4, -0.2) is 40.8 Å². The van der Waals surface area contributed by atoms with Gasteiger partial charge in [-0.2, -0.15) is 0 Å². The minimum atomic E-state index is -0.415. The third-order valence-corrected chi connectivity index (χ3v) is 7.85. The highest BCUT2D eigenvalue weighted by atomic mass is 32.1. The normalized spacial score (nSPS) is 14.4. The number of aryl methyl sites for hydroxylation is 2. The van der Waals surface area contributed by atoms with Crippen LogP contribution in [0.15, 0.2) is 54.6 Å². The lowest BCUT2D eigenvalue weighted by Crippen LogP contribution is -2.40. The number of aldehydes is 1. The molecule has 1 aliphatic rings. The Kier molecular flexibility index (Phi) is 9.35. The number of thiazole rings is 1. The molecule has 0 saturated heterocycles. The zero-order chi connectivity index (χ0) is 25.4. The van der Waals surface area contributed by atoms with Crippen molar-refractivity contribution in [2.24, 2.45) is 0 Å². The van der Waals surface area contributed by atoms with Gasteiger partial charge in [0, 0.05) is 18.5 Å². The summed E-state index contributed by atoms with van der Waals surface area (Å²) in [6.45, 7) is 7.39. The monoisotopic (exact) mass is 492 g/mol. The first-order valence-electron chi connectivity index (χ1n) is 12.3. The Hall–Kier alpha value is -2.83. The molecule has 1 amide bonds. The number of hydrogen-bond acceptors (Lipinski definition) is 5. The van der Waals surface area contributed by atoms with Gasteiger partial charge in [-0.05, 0) is 55.2 Å². The first kappa shape index (κ1) is 26.8. The molecule has 1 atom stereocenters. The smallest absolute Gasteiger partial charge is 0.233 e. The summed E-state index contributed by atoms with van der Waals surface area (Å²) in [5, 5.41) is 7.83. The van der Waals surface area contributed by atoms with Crippen molar-refractivity contribution in [3.05, 3.63) is 86.9 Å². The van der Waals surface area contributed by atoms with Gasteiger partial charge < -0.3 is 10.0 Å². The number of aliphatic hydroxyl groups excluding tert-OH is 1. The molecule has 3 aromatic rings. The van der Waals surface area contributed by atoms with Gasteiger partial charge in [-0.15, -0.1) is 11.3 Å². The molecule has 0 aliphatic heterocycles. The number of benzene rings is 2. The maximum atomic E-state index is 13.9. The van der Waals surface area contributed by atoms with Crippen LogP contribution in [0.5, 0.6) is 0 Å². The summed E-state index contributed by atoms with van der Waals surface area (Å²) < 4.78 is 0. The highest BCUT2D eigenvalue weighted by Gasteiger charge is 2.53. The summed E-state index contributed by atoms with van der Waals surface area (Å²) in [5.74, 6) is 0.538. The molecule has 6 heteroatoms. The Morgan fingerprint density at radius 2 is 1.80 bits per heavy atom. The Bertz CT molecular complexity index is 1100. The Labute approximate surface area is 212 Å². The topological polar surface area (TPSA) is 70.5 Å². The van der Waals surface area contributed by atoms with E-state index in [9.17, 15) is 9.59 Å². The van der Waals surface area contributed by atoms with Crippen molar-refractivity contribution in [2.75, 3.05) is 13.7 Å². The van der Waals surface area contributed by atoms with Crippen LogP contribution < -0.4 is 0 Å². The second kappa shape index (κ2) is 12.2. The molecule has 1 fully saturated rings. The second-order valence-corrected chi connectivity index (χ2v) is 10.4. The van der Waals surface area contributed by atoms with Gasteiger partial charge in [-0.1, -0.05) is 68.4 Å². The molecule has 1 aromatic heterocycles. The summed E-state index contributed by atoms with van der Waals surface area (Å²) in [6, 6.07) is 19.0. The number of aromatic nitrogens is 1. The zero-order valence-electron chi connectivity index (χ0n) is 21.2. The molecule has 1 saturated carbocycles. The van der Waals surface area contributed by atoms with Crippen molar-refractivity contribution in [3.8, 4) is 0 Å². The van der Waals surface area contributed by atoms with Crippen molar-refractivity contribution >= 4 is 23.5 Å². The number of aliphatic hydroxyl groups is 1. The van der Waals surface area contributed by atoms with E-state index in [1.807, 2.05) is 17.9 Å². The molecule has 1 unspecified atom stereocenters. The van der Waals surface area contributed by atoms with Crippen LogP contribution in [-0.2, 0) is 23.2 Å². The van der Waals surface area contributed by atoms with Crippen LogP contribution in [0.4, 0.5) is 0 Å². The molecule has 0 bridgehead atoms. The van der Waals surface area contributed by atoms with E-state index in [0.29, 0.717) is 24.7 Å². The van der Waals surface area contributed by atoms with Crippen molar-refractivity contribution in [2.45, 2.75) is 64.3 Å². The molecule has 1 heterocycles. The molecule has 5 nitrogen and oxygen atoms in total. The first-order chi connectivity index (χ1) is 17.0.